The van der Waals surface area contributed by atoms with Crippen LogP contribution in [0.3, 0.4) is 0 Å². The molecule has 2 atom stereocenters. The van der Waals surface area contributed by atoms with Gasteiger partial charge in [0.2, 0.25) is 10.0 Å². The van der Waals surface area contributed by atoms with Crippen LogP contribution in [0.25, 0.3) is 0 Å². The fourth-order valence-corrected chi connectivity index (χ4v) is 3.96. The summed E-state index contributed by atoms with van der Waals surface area (Å²) in [5.74, 6) is 0. The Morgan fingerprint density at radius 1 is 1.47 bits per heavy atom. The van der Waals surface area contributed by atoms with Crippen molar-refractivity contribution in [2.45, 2.75) is 23.5 Å². The lowest BCUT2D eigenvalue weighted by molar-refractivity contribution is 0.110. The van der Waals surface area contributed by atoms with Gasteiger partial charge in [-0.1, -0.05) is 0 Å². The van der Waals surface area contributed by atoms with E-state index in [9.17, 15) is 8.42 Å². The number of nitrogens with zero attached hydrogens (tertiary/aromatic N) is 3. The number of aromatic nitrogens is 2. The van der Waals surface area contributed by atoms with E-state index in [0.717, 1.165) is 0 Å². The molecule has 7 nitrogen and oxygen atoms in total. The monoisotopic (exact) mass is 289 g/mol. The Hall–Kier alpha value is -0.960. The Labute approximate surface area is 113 Å². The van der Waals surface area contributed by atoms with Crippen molar-refractivity contribution in [3.8, 4) is 0 Å². The van der Waals surface area contributed by atoms with Crippen molar-refractivity contribution in [3.05, 3.63) is 12.4 Å². The predicted molar refractivity (Wildman–Crippen MR) is 68.2 cm³/mol. The Bertz CT molecular complexity index is 528. The summed E-state index contributed by atoms with van der Waals surface area (Å²) in [5, 5.41) is 3.91. The fourth-order valence-electron chi connectivity index (χ4n) is 2.32. The molecule has 0 aromatic carbocycles. The standard InChI is InChI=1S/C11H19N3O4S/c1-13-7-11(5-12-13)19(15,16)14-6-10(18-3)4-9(14)8-17-2/h5,7,9-10H,4,6,8H2,1-3H3/t9-,10-/m0/s1. The molecule has 1 fully saturated rings. The average Bonchev–Trinajstić information content (AvgIpc) is 2.96. The second-order valence-electron chi connectivity index (χ2n) is 4.63. The lowest BCUT2D eigenvalue weighted by Crippen LogP contribution is -2.38. The van der Waals surface area contributed by atoms with Gasteiger partial charge in [-0.05, 0) is 6.42 Å². The van der Waals surface area contributed by atoms with E-state index in [4.69, 9.17) is 9.47 Å². The molecule has 1 aliphatic heterocycles. The summed E-state index contributed by atoms with van der Waals surface area (Å²) >= 11 is 0. The van der Waals surface area contributed by atoms with Crippen LogP contribution in [-0.4, -0.2) is 62.0 Å². The number of hydrogen-bond donors (Lipinski definition) is 0. The highest BCUT2D eigenvalue weighted by molar-refractivity contribution is 7.89. The predicted octanol–water partition coefficient (Wildman–Crippen LogP) is -0.155. The molecule has 8 heteroatoms. The van der Waals surface area contributed by atoms with Gasteiger partial charge in [-0.2, -0.15) is 9.40 Å². The first-order valence-electron chi connectivity index (χ1n) is 6.01. The van der Waals surface area contributed by atoms with Crippen molar-refractivity contribution in [1.29, 1.82) is 0 Å². The first kappa shape index (κ1) is 14.4. The zero-order valence-electron chi connectivity index (χ0n) is 11.3. The van der Waals surface area contributed by atoms with Crippen molar-refractivity contribution < 1.29 is 17.9 Å². The molecule has 0 unspecified atom stereocenters. The third-order valence-electron chi connectivity index (χ3n) is 3.31. The molecule has 19 heavy (non-hydrogen) atoms. The highest BCUT2D eigenvalue weighted by Gasteiger charge is 2.40. The van der Waals surface area contributed by atoms with Gasteiger partial charge in [0.25, 0.3) is 0 Å². The largest absolute Gasteiger partial charge is 0.383 e. The van der Waals surface area contributed by atoms with Crippen molar-refractivity contribution in [3.63, 3.8) is 0 Å². The van der Waals surface area contributed by atoms with Crippen LogP contribution in [-0.2, 0) is 26.5 Å². The third-order valence-corrected chi connectivity index (χ3v) is 5.18. The van der Waals surface area contributed by atoms with E-state index in [1.54, 1.807) is 21.3 Å². The summed E-state index contributed by atoms with van der Waals surface area (Å²) in [7, 11) is 1.30. The van der Waals surface area contributed by atoms with Crippen LogP contribution in [0.15, 0.2) is 17.3 Å². The van der Waals surface area contributed by atoms with E-state index in [1.807, 2.05) is 0 Å². The quantitative estimate of drug-likeness (QED) is 0.753. The van der Waals surface area contributed by atoms with E-state index in [0.29, 0.717) is 19.6 Å². The van der Waals surface area contributed by atoms with Gasteiger partial charge in [-0.15, -0.1) is 0 Å². The number of methoxy groups -OCH3 is 2. The summed E-state index contributed by atoms with van der Waals surface area (Å²) in [5.41, 5.74) is 0. The summed E-state index contributed by atoms with van der Waals surface area (Å²) in [6, 6.07) is -0.194. The second-order valence-corrected chi connectivity index (χ2v) is 6.52. The van der Waals surface area contributed by atoms with Gasteiger partial charge in [-0.3, -0.25) is 4.68 Å². The fraction of sp³-hybridized carbons (Fsp3) is 0.727. The molecule has 0 radical (unpaired) electrons. The van der Waals surface area contributed by atoms with E-state index in [-0.39, 0.29) is 17.0 Å². The van der Waals surface area contributed by atoms with Crippen LogP contribution in [0.1, 0.15) is 6.42 Å². The highest BCUT2D eigenvalue weighted by Crippen LogP contribution is 2.27. The first-order valence-corrected chi connectivity index (χ1v) is 7.45. The molecule has 2 heterocycles. The second kappa shape index (κ2) is 5.58. The SMILES string of the molecule is COC[C@@H]1C[C@H](OC)CN1S(=O)(=O)c1cnn(C)c1. The Kier molecular flexibility index (Phi) is 4.24. The minimum Gasteiger partial charge on any atom is -0.383 e. The maximum absolute atomic E-state index is 12.6. The maximum atomic E-state index is 12.6. The molecule has 1 aliphatic rings. The van der Waals surface area contributed by atoms with E-state index in [2.05, 4.69) is 5.10 Å². The molecule has 108 valence electrons. The van der Waals surface area contributed by atoms with Crippen molar-refractivity contribution in [1.82, 2.24) is 14.1 Å². The van der Waals surface area contributed by atoms with Gasteiger partial charge < -0.3 is 9.47 Å². The summed E-state index contributed by atoms with van der Waals surface area (Å²) < 4.78 is 38.4. The smallest absolute Gasteiger partial charge is 0.246 e. The zero-order valence-corrected chi connectivity index (χ0v) is 12.1. The topological polar surface area (TPSA) is 73.7 Å². The van der Waals surface area contributed by atoms with Crippen LogP contribution in [0.2, 0.25) is 0 Å². The average molecular weight is 289 g/mol. The lowest BCUT2D eigenvalue weighted by atomic mass is 10.2. The first-order chi connectivity index (χ1) is 8.98. The minimum atomic E-state index is -3.54. The molecule has 2 rings (SSSR count). The zero-order chi connectivity index (χ0) is 14.0. The molecule has 1 aromatic rings. The van der Waals surface area contributed by atoms with Crippen molar-refractivity contribution in [2.24, 2.45) is 7.05 Å². The summed E-state index contributed by atoms with van der Waals surface area (Å²) in [6.07, 6.45) is 3.41. The number of sulfonamides is 1. The summed E-state index contributed by atoms with van der Waals surface area (Å²) in [4.78, 5) is 0.202. The van der Waals surface area contributed by atoms with Crippen LogP contribution >= 0.6 is 0 Å². The van der Waals surface area contributed by atoms with Crippen LogP contribution < -0.4 is 0 Å². The molecule has 0 saturated carbocycles. The molecule has 1 aromatic heterocycles. The third kappa shape index (κ3) is 2.81. The number of rotatable bonds is 5. The van der Waals surface area contributed by atoms with Crippen molar-refractivity contribution >= 4 is 10.0 Å². The van der Waals surface area contributed by atoms with E-state index >= 15 is 0 Å². The molecular formula is C11H19N3O4S. The number of hydrogen-bond acceptors (Lipinski definition) is 5. The van der Waals surface area contributed by atoms with Crippen LogP contribution in [0.5, 0.6) is 0 Å². The molecule has 0 amide bonds. The molecule has 0 bridgehead atoms. The molecule has 0 spiro atoms. The minimum absolute atomic E-state index is 0.0911. The van der Waals surface area contributed by atoms with Gasteiger partial charge in [0.15, 0.2) is 0 Å². The van der Waals surface area contributed by atoms with E-state index in [1.165, 1.54) is 21.4 Å². The van der Waals surface area contributed by atoms with Crippen molar-refractivity contribution in [2.75, 3.05) is 27.4 Å². The van der Waals surface area contributed by atoms with Crippen LogP contribution in [0, 0.1) is 0 Å². The highest BCUT2D eigenvalue weighted by atomic mass is 32.2. The van der Waals surface area contributed by atoms with Crippen LogP contribution in [0.4, 0.5) is 0 Å². The Balaban J connectivity index is 2.27. The summed E-state index contributed by atoms with van der Waals surface area (Å²) in [6.45, 7) is 0.709. The molecule has 1 saturated heterocycles. The van der Waals surface area contributed by atoms with Gasteiger partial charge in [0.05, 0.1) is 24.9 Å². The Morgan fingerprint density at radius 3 is 2.74 bits per heavy atom. The van der Waals surface area contributed by atoms with E-state index < -0.39 is 10.0 Å². The number of aryl methyl sites for hydroxylation is 1. The Morgan fingerprint density at radius 2 is 2.21 bits per heavy atom. The lowest BCUT2D eigenvalue weighted by Gasteiger charge is -2.22. The van der Waals surface area contributed by atoms with Gasteiger partial charge in [0, 0.05) is 34.0 Å². The van der Waals surface area contributed by atoms with Gasteiger partial charge >= 0.3 is 0 Å². The molecule has 0 aliphatic carbocycles. The maximum Gasteiger partial charge on any atom is 0.246 e. The normalized spacial score (nSPS) is 25.0. The van der Waals surface area contributed by atoms with Gasteiger partial charge in [0.1, 0.15) is 4.90 Å². The van der Waals surface area contributed by atoms with Gasteiger partial charge in [-0.25, -0.2) is 8.42 Å². The molecule has 0 N–H and O–H groups in total. The molecular weight excluding hydrogens is 270 g/mol. The number of ether oxygens (including phenoxy) is 2.